The van der Waals surface area contributed by atoms with Crippen LogP contribution in [0.5, 0.6) is 0 Å². The molecule has 0 aliphatic carbocycles. The number of hydrogen-bond acceptors (Lipinski definition) is 3. The van der Waals surface area contributed by atoms with Gasteiger partial charge in [-0.3, -0.25) is 0 Å². The van der Waals surface area contributed by atoms with Gasteiger partial charge in [0.15, 0.2) is 0 Å². The SMILES string of the molecule is C[C@H]1SCc2c(Cl)nc(Cl)nc21. The molecule has 0 saturated carbocycles. The highest BCUT2D eigenvalue weighted by Crippen LogP contribution is 2.42. The van der Waals surface area contributed by atoms with Gasteiger partial charge in [-0.05, 0) is 18.5 Å². The molecule has 1 aromatic rings. The van der Waals surface area contributed by atoms with E-state index in [1.807, 2.05) is 0 Å². The third kappa shape index (κ3) is 1.30. The Morgan fingerprint density at radius 2 is 2.17 bits per heavy atom. The second-order valence-electron chi connectivity index (χ2n) is 2.60. The van der Waals surface area contributed by atoms with Crippen molar-refractivity contribution in [3.8, 4) is 0 Å². The lowest BCUT2D eigenvalue weighted by Gasteiger charge is -2.02. The number of fused-ring (bicyclic) bond motifs is 1. The molecule has 0 aromatic carbocycles. The highest BCUT2D eigenvalue weighted by Gasteiger charge is 2.24. The normalized spacial score (nSPS) is 21.1. The molecule has 0 spiro atoms. The van der Waals surface area contributed by atoms with Crippen LogP contribution in [0.25, 0.3) is 0 Å². The minimum atomic E-state index is 0.244. The Balaban J connectivity index is 2.60. The molecule has 0 radical (unpaired) electrons. The molecule has 0 amide bonds. The largest absolute Gasteiger partial charge is 0.224 e. The summed E-state index contributed by atoms with van der Waals surface area (Å²) in [5.74, 6) is 0.895. The first-order valence-electron chi connectivity index (χ1n) is 3.52. The molecule has 2 heterocycles. The van der Waals surface area contributed by atoms with E-state index in [1.54, 1.807) is 11.8 Å². The third-order valence-electron chi connectivity index (χ3n) is 1.82. The Morgan fingerprint density at radius 3 is 2.92 bits per heavy atom. The Kier molecular flexibility index (Phi) is 2.19. The summed E-state index contributed by atoms with van der Waals surface area (Å²) in [7, 11) is 0. The minimum Gasteiger partial charge on any atom is -0.221 e. The fourth-order valence-electron chi connectivity index (χ4n) is 1.20. The van der Waals surface area contributed by atoms with Gasteiger partial charge < -0.3 is 0 Å². The van der Waals surface area contributed by atoms with Crippen LogP contribution in [0.4, 0.5) is 0 Å². The molecule has 1 aromatic heterocycles. The van der Waals surface area contributed by atoms with Gasteiger partial charge in [0, 0.05) is 16.6 Å². The van der Waals surface area contributed by atoms with E-state index in [1.165, 1.54) is 0 Å². The van der Waals surface area contributed by atoms with Crippen molar-refractivity contribution >= 4 is 35.0 Å². The van der Waals surface area contributed by atoms with E-state index in [2.05, 4.69) is 16.9 Å². The Labute approximate surface area is 84.7 Å². The number of halogens is 2. The van der Waals surface area contributed by atoms with Crippen molar-refractivity contribution in [2.75, 3.05) is 0 Å². The molecule has 1 aliphatic heterocycles. The number of hydrogen-bond donors (Lipinski definition) is 0. The van der Waals surface area contributed by atoms with Crippen LogP contribution in [-0.4, -0.2) is 9.97 Å². The van der Waals surface area contributed by atoms with Crippen LogP contribution >= 0.6 is 35.0 Å². The van der Waals surface area contributed by atoms with Crippen molar-refractivity contribution in [1.82, 2.24) is 9.97 Å². The second kappa shape index (κ2) is 3.05. The van der Waals surface area contributed by atoms with Crippen molar-refractivity contribution in [2.24, 2.45) is 0 Å². The molecule has 1 aliphatic rings. The quantitative estimate of drug-likeness (QED) is 0.497. The number of aromatic nitrogens is 2. The number of nitrogens with zero attached hydrogens (tertiary/aromatic N) is 2. The highest BCUT2D eigenvalue weighted by atomic mass is 35.5. The third-order valence-corrected chi connectivity index (χ3v) is 3.48. The van der Waals surface area contributed by atoms with Gasteiger partial charge in [-0.25, -0.2) is 9.97 Å². The summed E-state index contributed by atoms with van der Waals surface area (Å²) in [6.07, 6.45) is 0. The predicted octanol–water partition coefficient (Wildman–Crippen LogP) is 3.09. The lowest BCUT2D eigenvalue weighted by molar-refractivity contribution is 0.976. The van der Waals surface area contributed by atoms with Crippen LogP contribution in [0.3, 0.4) is 0 Å². The molecular weight excluding hydrogens is 215 g/mol. The van der Waals surface area contributed by atoms with Gasteiger partial charge in [0.05, 0.1) is 5.69 Å². The van der Waals surface area contributed by atoms with Gasteiger partial charge in [0.1, 0.15) is 5.15 Å². The maximum atomic E-state index is 5.89. The summed E-state index contributed by atoms with van der Waals surface area (Å²) in [5.41, 5.74) is 2.03. The molecule has 0 bridgehead atoms. The monoisotopic (exact) mass is 220 g/mol. The van der Waals surface area contributed by atoms with Crippen LogP contribution in [0.15, 0.2) is 0 Å². The smallest absolute Gasteiger partial charge is 0.221 e. The zero-order valence-corrected chi connectivity index (χ0v) is 8.67. The molecule has 5 heteroatoms. The van der Waals surface area contributed by atoms with E-state index in [0.29, 0.717) is 10.4 Å². The lowest BCUT2D eigenvalue weighted by Crippen LogP contribution is -1.95. The number of thioether (sulfide) groups is 1. The van der Waals surface area contributed by atoms with E-state index in [0.717, 1.165) is 17.0 Å². The molecule has 0 saturated heterocycles. The van der Waals surface area contributed by atoms with E-state index in [-0.39, 0.29) is 5.28 Å². The molecule has 2 rings (SSSR count). The van der Waals surface area contributed by atoms with Crippen molar-refractivity contribution in [3.05, 3.63) is 21.7 Å². The highest BCUT2D eigenvalue weighted by molar-refractivity contribution is 7.99. The molecule has 12 heavy (non-hydrogen) atoms. The predicted molar refractivity (Wildman–Crippen MR) is 51.8 cm³/mol. The molecule has 0 N–H and O–H groups in total. The van der Waals surface area contributed by atoms with Gasteiger partial charge in [-0.15, -0.1) is 11.8 Å². The fourth-order valence-corrected chi connectivity index (χ4v) is 2.80. The average Bonchev–Trinajstić information content (AvgIpc) is 2.33. The van der Waals surface area contributed by atoms with Gasteiger partial charge >= 0.3 is 0 Å². The molecule has 0 unspecified atom stereocenters. The lowest BCUT2D eigenvalue weighted by atomic mass is 10.2. The van der Waals surface area contributed by atoms with Crippen molar-refractivity contribution in [2.45, 2.75) is 17.9 Å². The van der Waals surface area contributed by atoms with Crippen LogP contribution in [-0.2, 0) is 5.75 Å². The van der Waals surface area contributed by atoms with Crippen LogP contribution in [0.1, 0.15) is 23.4 Å². The first kappa shape index (κ1) is 8.60. The molecule has 1 atom stereocenters. The standard InChI is InChI=1S/C7H6Cl2N2S/c1-3-5-4(2-12-3)6(8)11-7(9)10-5/h3H,2H2,1H3/t3-/m1/s1. The molecule has 64 valence electrons. The van der Waals surface area contributed by atoms with Crippen molar-refractivity contribution in [3.63, 3.8) is 0 Å². The van der Waals surface area contributed by atoms with E-state index in [9.17, 15) is 0 Å². The van der Waals surface area contributed by atoms with Gasteiger partial charge in [-0.2, -0.15) is 0 Å². The zero-order valence-electron chi connectivity index (χ0n) is 6.34. The van der Waals surface area contributed by atoms with Gasteiger partial charge in [-0.1, -0.05) is 11.6 Å². The minimum absolute atomic E-state index is 0.244. The van der Waals surface area contributed by atoms with E-state index in [4.69, 9.17) is 23.2 Å². The van der Waals surface area contributed by atoms with Crippen LogP contribution < -0.4 is 0 Å². The Hall–Kier alpha value is 0.01000. The molecule has 0 fully saturated rings. The van der Waals surface area contributed by atoms with E-state index >= 15 is 0 Å². The fraction of sp³-hybridized carbons (Fsp3) is 0.429. The average molecular weight is 221 g/mol. The first-order chi connectivity index (χ1) is 5.68. The summed E-state index contributed by atoms with van der Waals surface area (Å²) in [5, 5.41) is 1.13. The Bertz CT molecular complexity index is 329. The van der Waals surface area contributed by atoms with Gasteiger partial charge in [0.25, 0.3) is 0 Å². The summed E-state index contributed by atoms with van der Waals surface area (Å²) < 4.78 is 0. The van der Waals surface area contributed by atoms with E-state index < -0.39 is 0 Å². The maximum absolute atomic E-state index is 5.89. The van der Waals surface area contributed by atoms with Crippen LogP contribution in [0, 0.1) is 0 Å². The van der Waals surface area contributed by atoms with Crippen LogP contribution in [0.2, 0.25) is 10.4 Å². The second-order valence-corrected chi connectivity index (χ2v) is 4.63. The number of rotatable bonds is 0. The summed E-state index contributed by atoms with van der Waals surface area (Å²) in [6, 6.07) is 0. The molecular formula is C7H6Cl2N2S. The van der Waals surface area contributed by atoms with Crippen molar-refractivity contribution < 1.29 is 0 Å². The molecule has 2 nitrogen and oxygen atoms in total. The zero-order chi connectivity index (χ0) is 8.72. The topological polar surface area (TPSA) is 25.8 Å². The summed E-state index contributed by atoms with van der Waals surface area (Å²) in [6.45, 7) is 2.09. The summed E-state index contributed by atoms with van der Waals surface area (Å²) in [4.78, 5) is 8.03. The Morgan fingerprint density at radius 1 is 1.42 bits per heavy atom. The maximum Gasteiger partial charge on any atom is 0.224 e. The summed E-state index contributed by atoms with van der Waals surface area (Å²) >= 11 is 13.4. The first-order valence-corrected chi connectivity index (χ1v) is 5.32. The van der Waals surface area contributed by atoms with Gasteiger partial charge in [0.2, 0.25) is 5.28 Å². The van der Waals surface area contributed by atoms with Crippen molar-refractivity contribution in [1.29, 1.82) is 0 Å².